The van der Waals surface area contributed by atoms with E-state index in [0.29, 0.717) is 11.4 Å². The van der Waals surface area contributed by atoms with E-state index in [9.17, 15) is 18.0 Å². The second kappa shape index (κ2) is 13.9. The molecule has 0 heterocycles. The molecule has 0 radical (unpaired) electrons. The topological polar surface area (TPSA) is 96.0 Å². The molecular weight excluding hydrogens is 550 g/mol. The third-order valence-corrected chi connectivity index (χ3v) is 9.63. The number of nitrogens with one attached hydrogen (secondary N) is 1. The molecule has 3 aromatic carbocycles. The average molecular weight is 592 g/mol. The van der Waals surface area contributed by atoms with Crippen molar-refractivity contribution in [1.29, 1.82) is 0 Å². The van der Waals surface area contributed by atoms with Crippen LogP contribution in [0.2, 0.25) is 0 Å². The molecule has 1 saturated carbocycles. The number of rotatable bonds is 11. The number of carbonyl (C=O) groups excluding carboxylic acids is 2. The number of hydrogen-bond donors (Lipinski definition) is 1. The Morgan fingerprint density at radius 1 is 0.881 bits per heavy atom. The predicted molar refractivity (Wildman–Crippen MR) is 165 cm³/mol. The summed E-state index contributed by atoms with van der Waals surface area (Å²) < 4.78 is 34.3. The molecule has 4 rings (SSSR count). The van der Waals surface area contributed by atoms with Gasteiger partial charge < -0.3 is 15.0 Å². The first-order valence-electron chi connectivity index (χ1n) is 14.5. The Morgan fingerprint density at radius 2 is 1.45 bits per heavy atom. The first kappa shape index (κ1) is 31.1. The van der Waals surface area contributed by atoms with Gasteiger partial charge in [0.05, 0.1) is 17.7 Å². The molecule has 0 spiro atoms. The van der Waals surface area contributed by atoms with Crippen molar-refractivity contribution < 1.29 is 22.7 Å². The highest BCUT2D eigenvalue weighted by atomic mass is 32.2. The highest BCUT2D eigenvalue weighted by molar-refractivity contribution is 7.92. The average Bonchev–Trinajstić information content (AvgIpc) is 3.00. The summed E-state index contributed by atoms with van der Waals surface area (Å²) in [7, 11) is -2.59. The lowest BCUT2D eigenvalue weighted by atomic mass is 9.95. The zero-order chi connectivity index (χ0) is 30.3. The number of hydrogen-bond acceptors (Lipinski definition) is 5. The van der Waals surface area contributed by atoms with Gasteiger partial charge in [-0.15, -0.1) is 0 Å². The molecule has 1 N–H and O–H groups in total. The Kier molecular flexibility index (Phi) is 10.3. The fourth-order valence-corrected chi connectivity index (χ4v) is 6.57. The smallest absolute Gasteiger partial charge is 0.264 e. The number of nitrogens with zero attached hydrogens (tertiary/aromatic N) is 2. The Labute approximate surface area is 249 Å². The molecule has 0 unspecified atom stereocenters. The molecule has 2 amide bonds. The fraction of sp³-hybridized carbons (Fsp3) is 0.394. The van der Waals surface area contributed by atoms with Crippen molar-refractivity contribution in [1.82, 2.24) is 10.2 Å². The largest absolute Gasteiger partial charge is 0.497 e. The van der Waals surface area contributed by atoms with Gasteiger partial charge >= 0.3 is 0 Å². The van der Waals surface area contributed by atoms with Crippen LogP contribution in [0.15, 0.2) is 77.7 Å². The van der Waals surface area contributed by atoms with Gasteiger partial charge in [-0.3, -0.25) is 13.9 Å². The van der Waals surface area contributed by atoms with E-state index in [2.05, 4.69) is 5.32 Å². The van der Waals surface area contributed by atoms with Crippen LogP contribution in [-0.4, -0.2) is 50.9 Å². The molecule has 42 heavy (non-hydrogen) atoms. The van der Waals surface area contributed by atoms with Gasteiger partial charge in [0.2, 0.25) is 11.8 Å². The number of aryl methyl sites for hydroxylation is 2. The molecule has 224 valence electrons. The van der Waals surface area contributed by atoms with E-state index >= 15 is 0 Å². The molecular formula is C33H41N3O5S. The second-order valence-electron chi connectivity index (χ2n) is 11.0. The van der Waals surface area contributed by atoms with Gasteiger partial charge in [-0.1, -0.05) is 66.8 Å². The van der Waals surface area contributed by atoms with E-state index in [1.807, 2.05) is 38.1 Å². The van der Waals surface area contributed by atoms with Gasteiger partial charge in [-0.2, -0.15) is 0 Å². The first-order valence-corrected chi connectivity index (χ1v) is 15.9. The van der Waals surface area contributed by atoms with Crippen LogP contribution in [0.3, 0.4) is 0 Å². The van der Waals surface area contributed by atoms with Crippen LogP contribution >= 0.6 is 0 Å². The molecule has 0 bridgehead atoms. The summed E-state index contributed by atoms with van der Waals surface area (Å²) in [6.07, 6.45) is 5.14. The lowest BCUT2D eigenvalue weighted by Crippen LogP contribution is -2.53. The number of sulfonamides is 1. The molecule has 1 fully saturated rings. The van der Waals surface area contributed by atoms with Crippen molar-refractivity contribution in [2.45, 2.75) is 76.4 Å². The van der Waals surface area contributed by atoms with Crippen LogP contribution in [0.25, 0.3) is 0 Å². The second-order valence-corrected chi connectivity index (χ2v) is 12.9. The van der Waals surface area contributed by atoms with Crippen molar-refractivity contribution in [2.24, 2.45) is 0 Å². The van der Waals surface area contributed by atoms with Crippen LogP contribution in [0, 0.1) is 13.8 Å². The monoisotopic (exact) mass is 591 g/mol. The van der Waals surface area contributed by atoms with Crippen molar-refractivity contribution in [3.05, 3.63) is 89.5 Å². The first-order chi connectivity index (χ1) is 20.1. The van der Waals surface area contributed by atoms with Gasteiger partial charge in [-0.05, 0) is 75.6 Å². The van der Waals surface area contributed by atoms with Crippen molar-refractivity contribution in [2.75, 3.05) is 18.0 Å². The van der Waals surface area contributed by atoms with Gasteiger partial charge in [0.15, 0.2) is 0 Å². The predicted octanol–water partition coefficient (Wildman–Crippen LogP) is 5.37. The van der Waals surface area contributed by atoms with E-state index in [1.54, 1.807) is 43.3 Å². The lowest BCUT2D eigenvalue weighted by molar-refractivity contribution is -0.139. The maximum Gasteiger partial charge on any atom is 0.264 e. The van der Waals surface area contributed by atoms with Crippen molar-refractivity contribution >= 4 is 27.5 Å². The molecule has 1 aliphatic carbocycles. The number of carbonyl (C=O) groups is 2. The molecule has 3 aromatic rings. The number of anilines is 1. The molecule has 1 aliphatic rings. The summed E-state index contributed by atoms with van der Waals surface area (Å²) in [4.78, 5) is 29.1. The maximum atomic E-state index is 14.1. The minimum atomic E-state index is -4.12. The normalized spacial score (nSPS) is 14.6. The van der Waals surface area contributed by atoms with Crippen LogP contribution in [0.1, 0.15) is 55.7 Å². The summed E-state index contributed by atoms with van der Waals surface area (Å²) in [5.74, 6) is -0.153. The molecule has 0 aromatic heterocycles. The van der Waals surface area contributed by atoms with E-state index in [0.717, 1.165) is 53.1 Å². The van der Waals surface area contributed by atoms with Gasteiger partial charge in [-0.25, -0.2) is 8.42 Å². The molecule has 0 aliphatic heterocycles. The Hall–Kier alpha value is -3.85. The zero-order valence-corrected chi connectivity index (χ0v) is 25.7. The minimum Gasteiger partial charge on any atom is -0.497 e. The summed E-state index contributed by atoms with van der Waals surface area (Å²) in [6.45, 7) is 5.25. The third-order valence-electron chi connectivity index (χ3n) is 7.84. The van der Waals surface area contributed by atoms with Gasteiger partial charge in [0.25, 0.3) is 10.0 Å². The highest BCUT2D eigenvalue weighted by Gasteiger charge is 2.33. The Bertz CT molecular complexity index is 1450. The molecule has 1 atom stereocenters. The zero-order valence-electron chi connectivity index (χ0n) is 24.9. The van der Waals surface area contributed by atoms with Gasteiger partial charge in [0.1, 0.15) is 18.3 Å². The fourth-order valence-electron chi connectivity index (χ4n) is 5.16. The third kappa shape index (κ3) is 7.70. The van der Waals surface area contributed by atoms with Crippen LogP contribution in [0.5, 0.6) is 5.75 Å². The summed E-state index contributed by atoms with van der Waals surface area (Å²) in [6, 6.07) is 20.1. The van der Waals surface area contributed by atoms with E-state index in [1.165, 1.54) is 24.1 Å². The summed E-state index contributed by atoms with van der Waals surface area (Å²) >= 11 is 0. The maximum absolute atomic E-state index is 14.1. The quantitative estimate of drug-likeness (QED) is 0.323. The molecule has 8 nitrogen and oxygen atoms in total. The van der Waals surface area contributed by atoms with E-state index < -0.39 is 28.5 Å². The Morgan fingerprint density at radius 3 is 2.02 bits per heavy atom. The van der Waals surface area contributed by atoms with Crippen LogP contribution in [-0.2, 0) is 26.2 Å². The van der Waals surface area contributed by atoms with Crippen molar-refractivity contribution in [3.63, 3.8) is 0 Å². The summed E-state index contributed by atoms with van der Waals surface area (Å²) in [5.41, 5.74) is 3.17. The Balaban J connectivity index is 1.67. The summed E-state index contributed by atoms with van der Waals surface area (Å²) in [5, 5.41) is 3.13. The van der Waals surface area contributed by atoms with Crippen molar-refractivity contribution in [3.8, 4) is 5.75 Å². The van der Waals surface area contributed by atoms with E-state index in [-0.39, 0.29) is 23.4 Å². The lowest BCUT2D eigenvalue weighted by Gasteiger charge is -2.33. The number of ether oxygens (including phenoxy) is 1. The molecule has 9 heteroatoms. The standard InChI is InChI=1S/C33H41N3O5S/c1-24-10-14-27(15-11-24)22-35(26(3)33(38)34-28-8-6-5-7-9-28)32(37)23-36(29-16-18-30(41-4)19-17-29)42(39,40)31-20-12-25(2)13-21-31/h10-21,26,28H,5-9,22-23H2,1-4H3,(H,34,38)/t26-/m1/s1. The number of benzene rings is 3. The van der Waals surface area contributed by atoms with Crippen LogP contribution < -0.4 is 14.4 Å². The van der Waals surface area contributed by atoms with E-state index in [4.69, 9.17) is 4.74 Å². The SMILES string of the molecule is COc1ccc(N(CC(=O)N(Cc2ccc(C)cc2)[C@H](C)C(=O)NC2CCCCC2)S(=O)(=O)c2ccc(C)cc2)cc1. The van der Waals surface area contributed by atoms with Gasteiger partial charge in [0, 0.05) is 12.6 Å². The highest BCUT2D eigenvalue weighted by Crippen LogP contribution is 2.27. The number of methoxy groups -OCH3 is 1. The minimum absolute atomic E-state index is 0.0740. The number of amides is 2. The molecule has 0 saturated heterocycles. The van der Waals surface area contributed by atoms with Crippen LogP contribution in [0.4, 0.5) is 5.69 Å².